The van der Waals surface area contributed by atoms with Crippen molar-refractivity contribution in [3.8, 4) is 62.1 Å². The molecular weight excluding hydrogens is 908 g/mol. The molecule has 0 atom stereocenters. The zero-order valence-corrected chi connectivity index (χ0v) is 33.8. The van der Waals surface area contributed by atoms with Crippen molar-refractivity contribution in [3.05, 3.63) is 211 Å². The number of para-hydroxylation sites is 4. The molecule has 284 valence electrons. The molecule has 0 bridgehead atoms. The standard InChI is InChI=1S/C52H34N4O2.Pt/c1-3-13-36(14-4-1)43-20-12-21-44(37-15-5-2-6-16-37)52(43)55-35-54(48-23-9-10-24-49(48)55)40-17-11-18-41(31-40)58-42-26-27-46-45-19-7-8-22-47(45)56(50(46)32-42)51-28-25-38(33-53-51)39-29-30-57-34-39;/h1-34H;. The Labute approximate surface area is 350 Å². The second-order valence-electron chi connectivity index (χ2n) is 14.4. The molecule has 0 unspecified atom stereocenters. The van der Waals surface area contributed by atoms with Crippen molar-refractivity contribution in [2.75, 3.05) is 0 Å². The van der Waals surface area contributed by atoms with E-state index >= 15 is 0 Å². The molecular formula is C52H34N4O2Pt. The quantitative estimate of drug-likeness (QED) is 0.152. The molecule has 0 spiro atoms. The number of nitrogens with zero attached hydrogens (tertiary/aromatic N) is 4. The first kappa shape index (κ1) is 34.9. The van der Waals surface area contributed by atoms with Gasteiger partial charge in [0.15, 0.2) is 0 Å². The predicted octanol–water partition coefficient (Wildman–Crippen LogP) is 13.4. The van der Waals surface area contributed by atoms with Crippen molar-refractivity contribution in [3.63, 3.8) is 0 Å². The molecule has 0 fully saturated rings. The van der Waals surface area contributed by atoms with E-state index in [-0.39, 0.29) is 0 Å². The topological polar surface area (TPSA) is 50.1 Å². The van der Waals surface area contributed by atoms with Gasteiger partial charge in [-0.05, 0) is 12.1 Å². The molecule has 6 nitrogen and oxygen atoms in total. The monoisotopic (exact) mass is 941 g/mol. The van der Waals surface area contributed by atoms with Crippen LogP contribution in [0.4, 0.5) is 0 Å². The third-order valence-corrected chi connectivity index (χ3v) is 11.9. The molecule has 0 saturated carbocycles. The average Bonchev–Trinajstić information content (AvgIpc) is 4.02. The number of ether oxygens (including phenoxy) is 1. The number of rotatable bonds is 8. The molecule has 0 N–H and O–H groups in total. The number of aromatic nitrogens is 4. The van der Waals surface area contributed by atoms with E-state index in [0.29, 0.717) is 0 Å². The van der Waals surface area contributed by atoms with Crippen LogP contribution in [0, 0.1) is 3.80 Å². The van der Waals surface area contributed by atoms with Crippen LogP contribution in [0.5, 0.6) is 11.5 Å². The predicted molar refractivity (Wildman–Crippen MR) is 233 cm³/mol. The molecule has 4 heterocycles. The molecule has 7 heteroatoms. The third-order valence-electron chi connectivity index (χ3n) is 10.9. The third kappa shape index (κ3) is 6.08. The van der Waals surface area contributed by atoms with E-state index in [2.05, 4.69) is 209 Å². The van der Waals surface area contributed by atoms with E-state index in [1.165, 1.54) is 0 Å². The second-order valence-corrected chi connectivity index (χ2v) is 15.4. The van der Waals surface area contributed by atoms with E-state index in [9.17, 15) is 0 Å². The zero-order valence-electron chi connectivity index (χ0n) is 31.6. The van der Waals surface area contributed by atoms with Crippen molar-refractivity contribution in [2.45, 2.75) is 0 Å². The fourth-order valence-electron chi connectivity index (χ4n) is 8.26. The van der Waals surface area contributed by atoms with Crippen LogP contribution in [0.25, 0.3) is 83.4 Å². The maximum absolute atomic E-state index is 6.73. The van der Waals surface area contributed by atoms with Crippen molar-refractivity contribution in [1.82, 2.24) is 18.7 Å². The Kier molecular flexibility index (Phi) is 8.64. The van der Waals surface area contributed by atoms with Crippen molar-refractivity contribution < 1.29 is 28.5 Å². The minimum absolute atomic E-state index is 0.736. The second kappa shape index (κ2) is 14.6. The number of hydrogen-bond acceptors (Lipinski definition) is 3. The van der Waals surface area contributed by atoms with Gasteiger partial charge in [0, 0.05) is 17.3 Å². The Morgan fingerprint density at radius 1 is 0.458 bits per heavy atom. The first-order chi connectivity index (χ1) is 29.2. The van der Waals surface area contributed by atoms with Gasteiger partial charge in [-0.15, -0.1) is 0 Å². The van der Waals surface area contributed by atoms with Crippen molar-refractivity contribution >= 4 is 32.8 Å². The van der Waals surface area contributed by atoms with Crippen LogP contribution in [0.15, 0.2) is 211 Å². The minimum atomic E-state index is 0.736. The summed E-state index contributed by atoms with van der Waals surface area (Å²) in [7, 11) is 0. The van der Waals surface area contributed by atoms with Crippen LogP contribution in [-0.4, -0.2) is 18.7 Å². The van der Waals surface area contributed by atoms with Crippen LogP contribution in [0.3, 0.4) is 0 Å². The molecule has 0 aliphatic rings. The molecule has 4 aromatic heterocycles. The molecule has 0 aliphatic heterocycles. The molecule has 0 radical (unpaired) electrons. The van der Waals surface area contributed by atoms with Crippen molar-refractivity contribution in [1.29, 1.82) is 0 Å². The molecule has 59 heavy (non-hydrogen) atoms. The van der Waals surface area contributed by atoms with Gasteiger partial charge in [-0.3, -0.25) is 0 Å². The van der Waals surface area contributed by atoms with Crippen LogP contribution in [-0.2, 0) is 19.4 Å². The maximum atomic E-state index is 6.73. The summed E-state index contributed by atoms with van der Waals surface area (Å²) in [6, 6.07) is 65.7. The number of furan rings is 1. The Bertz CT molecular complexity index is 3310. The molecule has 0 saturated heterocycles. The average molecular weight is 942 g/mol. The van der Waals surface area contributed by atoms with Crippen LogP contribution in [0.1, 0.15) is 0 Å². The molecule has 7 aromatic carbocycles. The molecule has 0 amide bonds. The van der Waals surface area contributed by atoms with Gasteiger partial charge in [0.2, 0.25) is 0 Å². The normalized spacial score (nSPS) is 11.5. The van der Waals surface area contributed by atoms with Gasteiger partial charge in [-0.2, -0.15) is 0 Å². The fraction of sp³-hybridized carbons (Fsp3) is 0. The summed E-state index contributed by atoms with van der Waals surface area (Å²) >= 11 is 2.49. The van der Waals surface area contributed by atoms with E-state index in [1.54, 1.807) is 12.5 Å². The van der Waals surface area contributed by atoms with E-state index in [0.717, 1.165) is 98.7 Å². The summed E-state index contributed by atoms with van der Waals surface area (Å²) < 4.78 is 20.0. The van der Waals surface area contributed by atoms with Crippen LogP contribution >= 0.6 is 0 Å². The Hall–Kier alpha value is -7.27. The van der Waals surface area contributed by atoms with E-state index in [1.807, 2.05) is 18.3 Å². The number of hydrogen-bond donors (Lipinski definition) is 0. The SMILES string of the molecule is [Pt]=[c]1n(-c2cccc(Oc3ccc4c5ccccc5n(-c5ccc(-c6ccoc6)cn5)c4c3)c2)c2ccccc2n1-c1c(-c2ccccc2)cccc1-c1ccccc1. The Balaban J connectivity index is 1.03. The molecule has 11 rings (SSSR count). The van der Waals surface area contributed by atoms with Gasteiger partial charge in [0.05, 0.1) is 12.5 Å². The number of pyridine rings is 1. The first-order valence-corrected chi connectivity index (χ1v) is 20.6. The Morgan fingerprint density at radius 2 is 1.10 bits per heavy atom. The van der Waals surface area contributed by atoms with Crippen LogP contribution < -0.4 is 4.74 Å². The summed E-state index contributed by atoms with van der Waals surface area (Å²) in [5, 5.41) is 2.29. The van der Waals surface area contributed by atoms with Gasteiger partial charge in [-0.25, -0.2) is 0 Å². The summed E-state index contributed by atoms with van der Waals surface area (Å²) in [4.78, 5) is 4.91. The fourth-order valence-corrected chi connectivity index (χ4v) is 9.35. The Morgan fingerprint density at radius 3 is 1.80 bits per heavy atom. The summed E-state index contributed by atoms with van der Waals surface area (Å²) in [6.07, 6.45) is 5.31. The zero-order chi connectivity index (χ0) is 39.3. The van der Waals surface area contributed by atoms with Crippen molar-refractivity contribution in [2.24, 2.45) is 0 Å². The van der Waals surface area contributed by atoms with Gasteiger partial charge in [0.25, 0.3) is 0 Å². The number of fused-ring (bicyclic) bond motifs is 4. The van der Waals surface area contributed by atoms with E-state index in [4.69, 9.17) is 14.1 Å². The summed E-state index contributed by atoms with van der Waals surface area (Å²) in [5.74, 6) is 2.30. The molecule has 11 aromatic rings. The van der Waals surface area contributed by atoms with E-state index < -0.39 is 0 Å². The molecule has 0 aliphatic carbocycles. The summed E-state index contributed by atoms with van der Waals surface area (Å²) in [5.41, 5.74) is 13.1. The van der Waals surface area contributed by atoms with Gasteiger partial charge < -0.3 is 4.42 Å². The first-order valence-electron chi connectivity index (χ1n) is 19.4. The summed E-state index contributed by atoms with van der Waals surface area (Å²) in [6.45, 7) is 0. The number of benzene rings is 7. The van der Waals surface area contributed by atoms with Gasteiger partial charge >= 0.3 is 294 Å². The van der Waals surface area contributed by atoms with Gasteiger partial charge in [0.1, 0.15) is 0 Å². The van der Waals surface area contributed by atoms with Gasteiger partial charge in [-0.1, -0.05) is 12.1 Å². The van der Waals surface area contributed by atoms with Crippen LogP contribution in [0.2, 0.25) is 0 Å². The number of imidazole rings is 1.